The first-order valence-corrected chi connectivity index (χ1v) is 20.0. The summed E-state index contributed by atoms with van der Waals surface area (Å²) in [5.41, 5.74) is -0.337. The van der Waals surface area contributed by atoms with E-state index in [-0.39, 0.29) is 57.2 Å². The van der Waals surface area contributed by atoms with E-state index in [1.165, 1.54) is 18.0 Å². The number of rotatable bonds is 7. The first-order chi connectivity index (χ1) is 24.6. The minimum Gasteiger partial charge on any atom is -0.481 e. The quantitative estimate of drug-likeness (QED) is 0.272. The fraction of sp³-hybridized carbons (Fsp3) is 0.738. The molecule has 5 aliphatic carbocycles. The summed E-state index contributed by atoms with van der Waals surface area (Å²) in [7, 11) is 0. The van der Waals surface area contributed by atoms with Crippen molar-refractivity contribution < 1.29 is 28.6 Å². The van der Waals surface area contributed by atoms with Crippen molar-refractivity contribution in [2.45, 2.75) is 145 Å². The van der Waals surface area contributed by atoms with Crippen molar-refractivity contribution in [3.63, 3.8) is 0 Å². The number of aliphatic carboxylic acids is 1. The molecular formula is C42H57ClN4O6. The Kier molecular flexibility index (Phi) is 8.77. The SMILES string of the molecule is CC(C)C1=C2C(c3nnc(-c4ncc(Cl)cn4)o3)(CCC3(C)C2(C)CCC2C4(C)CCC(OC(=O)CC(C)(C)C(=O)O)C(C)(C)C4CCC23C)CC1=O. The van der Waals surface area contributed by atoms with Crippen LogP contribution < -0.4 is 0 Å². The lowest BCUT2D eigenvalue weighted by Crippen LogP contribution is -2.68. The van der Waals surface area contributed by atoms with Gasteiger partial charge >= 0.3 is 11.9 Å². The van der Waals surface area contributed by atoms with Gasteiger partial charge < -0.3 is 14.3 Å². The van der Waals surface area contributed by atoms with Crippen LogP contribution in [0.5, 0.6) is 0 Å². The van der Waals surface area contributed by atoms with Crippen LogP contribution in [0.4, 0.5) is 0 Å². The average Bonchev–Trinajstić information content (AvgIpc) is 3.68. The van der Waals surface area contributed by atoms with Gasteiger partial charge in [-0.25, -0.2) is 9.97 Å². The molecule has 10 nitrogen and oxygen atoms in total. The molecule has 8 atom stereocenters. The van der Waals surface area contributed by atoms with Gasteiger partial charge in [-0.05, 0) is 116 Å². The Hall–Kier alpha value is -3.14. The van der Waals surface area contributed by atoms with Gasteiger partial charge in [-0.3, -0.25) is 14.4 Å². The number of ketones is 1. The van der Waals surface area contributed by atoms with E-state index in [0.29, 0.717) is 35.0 Å². The Labute approximate surface area is 318 Å². The van der Waals surface area contributed by atoms with E-state index in [1.807, 2.05) is 0 Å². The highest BCUT2D eigenvalue weighted by molar-refractivity contribution is 6.30. The summed E-state index contributed by atoms with van der Waals surface area (Å²) in [4.78, 5) is 47.8. The zero-order chi connectivity index (χ0) is 38.7. The lowest BCUT2D eigenvalue weighted by molar-refractivity contribution is -0.248. The molecule has 2 heterocycles. The zero-order valence-electron chi connectivity index (χ0n) is 33.2. The van der Waals surface area contributed by atoms with E-state index in [2.05, 4.69) is 75.6 Å². The maximum atomic E-state index is 14.2. The molecule has 53 heavy (non-hydrogen) atoms. The van der Waals surface area contributed by atoms with E-state index in [9.17, 15) is 19.5 Å². The normalized spacial score (nSPS) is 37.8. The van der Waals surface area contributed by atoms with Crippen LogP contribution in [0.25, 0.3) is 11.7 Å². The summed E-state index contributed by atoms with van der Waals surface area (Å²) in [6.45, 7) is 22.0. The third-order valence-electron chi connectivity index (χ3n) is 16.2. The van der Waals surface area contributed by atoms with Crippen LogP contribution in [-0.2, 0) is 24.5 Å². The van der Waals surface area contributed by atoms with Crippen LogP contribution in [0.1, 0.15) is 139 Å². The Morgan fingerprint density at radius 3 is 2.26 bits per heavy atom. The third-order valence-corrected chi connectivity index (χ3v) is 16.4. The second-order valence-corrected chi connectivity index (χ2v) is 20.2. The molecule has 0 saturated heterocycles. The molecule has 0 aliphatic heterocycles. The van der Waals surface area contributed by atoms with Crippen molar-refractivity contribution >= 4 is 29.3 Å². The summed E-state index contributed by atoms with van der Waals surface area (Å²) in [5.74, 6) is 0.619. The average molecular weight is 749 g/mol. The number of allylic oxidation sites excluding steroid dienone is 2. The van der Waals surface area contributed by atoms with Crippen molar-refractivity contribution in [2.24, 2.45) is 50.2 Å². The van der Waals surface area contributed by atoms with Crippen LogP contribution in [0.15, 0.2) is 28.0 Å². The molecule has 1 N–H and O–H groups in total. The van der Waals surface area contributed by atoms with Crippen molar-refractivity contribution in [3.8, 4) is 11.7 Å². The summed E-state index contributed by atoms with van der Waals surface area (Å²) in [5, 5.41) is 19.1. The molecule has 0 aromatic carbocycles. The van der Waals surface area contributed by atoms with Gasteiger partial charge in [-0.1, -0.05) is 67.0 Å². The predicted octanol–water partition coefficient (Wildman–Crippen LogP) is 9.21. The molecule has 288 valence electrons. The van der Waals surface area contributed by atoms with Crippen molar-refractivity contribution in [1.82, 2.24) is 20.2 Å². The number of nitrogens with zero attached hydrogens (tertiary/aromatic N) is 4. The number of carbonyl (C=O) groups is 3. The number of ether oxygens (including phenoxy) is 1. The number of carboxylic acids is 1. The van der Waals surface area contributed by atoms with Gasteiger partial charge in [0.2, 0.25) is 11.7 Å². The van der Waals surface area contributed by atoms with Crippen molar-refractivity contribution in [3.05, 3.63) is 34.5 Å². The molecule has 0 bridgehead atoms. The lowest BCUT2D eigenvalue weighted by atomic mass is 9.30. The second-order valence-electron chi connectivity index (χ2n) is 19.7. The minimum atomic E-state index is -1.18. The maximum absolute atomic E-state index is 14.2. The molecule has 2 aromatic rings. The van der Waals surface area contributed by atoms with E-state index < -0.39 is 22.8 Å². The highest BCUT2D eigenvalue weighted by atomic mass is 35.5. The van der Waals surface area contributed by atoms with Crippen LogP contribution in [0.2, 0.25) is 5.02 Å². The maximum Gasteiger partial charge on any atom is 0.309 e. The number of Topliss-reactive ketones (excluding diaryl/α,β-unsaturated/α-hetero) is 1. The summed E-state index contributed by atoms with van der Waals surface area (Å²) in [6, 6.07) is 0. The minimum absolute atomic E-state index is 0.0135. The molecule has 4 fully saturated rings. The van der Waals surface area contributed by atoms with Gasteiger partial charge in [0.25, 0.3) is 5.89 Å². The number of fused-ring (bicyclic) bond motifs is 7. The van der Waals surface area contributed by atoms with Gasteiger partial charge in [0.1, 0.15) is 6.10 Å². The third kappa shape index (κ3) is 5.26. The van der Waals surface area contributed by atoms with Crippen LogP contribution in [-0.4, -0.2) is 49.1 Å². The second kappa shape index (κ2) is 12.2. The number of esters is 1. The number of carbonyl (C=O) groups excluding carboxylic acids is 2. The van der Waals surface area contributed by atoms with Gasteiger partial charge in [0, 0.05) is 24.2 Å². The molecule has 5 aliphatic rings. The smallest absolute Gasteiger partial charge is 0.309 e. The highest BCUT2D eigenvalue weighted by Crippen LogP contribution is 2.80. The largest absolute Gasteiger partial charge is 0.481 e. The molecule has 2 aromatic heterocycles. The number of halogens is 1. The van der Waals surface area contributed by atoms with Gasteiger partial charge in [0.05, 0.1) is 22.3 Å². The Bertz CT molecular complexity index is 1880. The Morgan fingerprint density at radius 2 is 1.62 bits per heavy atom. The number of carboxylic acid groups (broad SMARTS) is 1. The Balaban J connectivity index is 1.23. The monoisotopic (exact) mass is 748 g/mol. The molecule has 11 heteroatoms. The van der Waals surface area contributed by atoms with Gasteiger partial charge in [-0.15, -0.1) is 10.2 Å². The first kappa shape index (κ1) is 38.1. The lowest BCUT2D eigenvalue weighted by Gasteiger charge is -2.74. The van der Waals surface area contributed by atoms with E-state index in [0.717, 1.165) is 56.9 Å². The Morgan fingerprint density at radius 1 is 0.962 bits per heavy atom. The molecule has 7 rings (SSSR count). The topological polar surface area (TPSA) is 145 Å². The van der Waals surface area contributed by atoms with E-state index in [4.69, 9.17) is 20.8 Å². The molecule has 0 radical (unpaired) electrons. The van der Waals surface area contributed by atoms with E-state index >= 15 is 0 Å². The van der Waals surface area contributed by atoms with Gasteiger partial charge in [0.15, 0.2) is 5.78 Å². The number of aromatic nitrogens is 4. The van der Waals surface area contributed by atoms with Crippen LogP contribution in [0.3, 0.4) is 0 Å². The fourth-order valence-corrected chi connectivity index (χ4v) is 13.3. The molecule has 0 amide bonds. The van der Waals surface area contributed by atoms with Crippen molar-refractivity contribution in [1.29, 1.82) is 0 Å². The standard InChI is InChI=1S/C42H57ClN4O6/c1-23(2)30-25(48)19-42(34-47-46-33(53-34)32-44-21-24(43)22-45-32)18-17-41(10)39(8)15-11-26-37(5,6)28(52-29(49)20-36(3,4)35(50)51)13-14-38(26,7)27(39)12-16-40(41,9)31(30)42/h21-23,26-28H,11-20H2,1-10H3,(H,50,51). The summed E-state index contributed by atoms with van der Waals surface area (Å²) >= 11 is 6.06. The first-order valence-electron chi connectivity index (χ1n) is 19.6. The number of hydrogen-bond acceptors (Lipinski definition) is 9. The molecule has 8 unspecified atom stereocenters. The van der Waals surface area contributed by atoms with Gasteiger partial charge in [-0.2, -0.15) is 0 Å². The van der Waals surface area contributed by atoms with Crippen LogP contribution in [0, 0.1) is 50.2 Å². The number of hydrogen-bond donors (Lipinski definition) is 1. The fourth-order valence-electron chi connectivity index (χ4n) is 13.2. The highest BCUT2D eigenvalue weighted by Gasteiger charge is 2.74. The van der Waals surface area contributed by atoms with E-state index in [1.54, 1.807) is 13.8 Å². The van der Waals surface area contributed by atoms with Crippen molar-refractivity contribution in [2.75, 3.05) is 0 Å². The summed E-state index contributed by atoms with van der Waals surface area (Å²) in [6.07, 6.45) is 10.4. The van der Waals surface area contributed by atoms with Crippen LogP contribution >= 0.6 is 11.6 Å². The molecular weight excluding hydrogens is 692 g/mol. The summed E-state index contributed by atoms with van der Waals surface area (Å²) < 4.78 is 12.6. The zero-order valence-corrected chi connectivity index (χ0v) is 33.9. The predicted molar refractivity (Wildman–Crippen MR) is 200 cm³/mol. The molecule has 0 spiro atoms. The molecule has 4 saturated carbocycles.